The lowest BCUT2D eigenvalue weighted by Crippen LogP contribution is -2.45. The molecule has 1 aliphatic heterocycles. The molecular formula is C15H14N6O4. The summed E-state index contributed by atoms with van der Waals surface area (Å²) in [6.07, 6.45) is 3.80. The number of aromatic nitrogens is 4. The first-order valence-electron chi connectivity index (χ1n) is 7.57. The maximum Gasteiger partial charge on any atom is 0.326 e. The zero-order valence-corrected chi connectivity index (χ0v) is 13.1. The molecule has 2 N–H and O–H groups in total. The zero-order chi connectivity index (χ0) is 17.8. The number of carbonyl (C=O) groups is 1. The number of amides is 1. The van der Waals surface area contributed by atoms with Crippen LogP contribution in [0.1, 0.15) is 29.0 Å². The van der Waals surface area contributed by atoms with Crippen molar-refractivity contribution < 1.29 is 9.53 Å². The van der Waals surface area contributed by atoms with Gasteiger partial charge in [0.25, 0.3) is 17.3 Å². The highest BCUT2D eigenvalue weighted by Gasteiger charge is 2.27. The number of ether oxygens (including phenoxy) is 1. The van der Waals surface area contributed by atoms with Crippen molar-refractivity contribution in [3.8, 4) is 11.9 Å². The van der Waals surface area contributed by atoms with Crippen LogP contribution in [0.15, 0.2) is 28.0 Å². The monoisotopic (exact) mass is 342 g/mol. The van der Waals surface area contributed by atoms with E-state index >= 15 is 0 Å². The molecule has 1 fully saturated rings. The Morgan fingerprint density at radius 3 is 2.88 bits per heavy atom. The molecule has 128 valence electrons. The molecule has 1 atom stereocenters. The highest BCUT2D eigenvalue weighted by Crippen LogP contribution is 2.19. The predicted octanol–water partition coefficient (Wildman–Crippen LogP) is -0.592. The minimum absolute atomic E-state index is 0.0740. The molecule has 10 nitrogen and oxygen atoms in total. The lowest BCUT2D eigenvalue weighted by molar-refractivity contribution is 0.0520. The van der Waals surface area contributed by atoms with Gasteiger partial charge < -0.3 is 14.6 Å². The van der Waals surface area contributed by atoms with Gasteiger partial charge in [-0.3, -0.25) is 14.6 Å². The average molecular weight is 342 g/mol. The Balaban J connectivity index is 1.75. The van der Waals surface area contributed by atoms with E-state index in [0.717, 1.165) is 6.07 Å². The van der Waals surface area contributed by atoms with Crippen molar-refractivity contribution in [1.29, 1.82) is 5.26 Å². The van der Waals surface area contributed by atoms with Crippen molar-refractivity contribution in [2.45, 2.75) is 18.9 Å². The number of nitriles is 1. The summed E-state index contributed by atoms with van der Waals surface area (Å²) in [5, 5.41) is 9.03. The fourth-order valence-corrected chi connectivity index (χ4v) is 2.62. The first-order valence-corrected chi connectivity index (χ1v) is 7.57. The number of nitrogens with zero attached hydrogens (tertiary/aromatic N) is 4. The molecule has 1 unspecified atom stereocenters. The number of rotatable bonds is 3. The van der Waals surface area contributed by atoms with Crippen molar-refractivity contribution >= 4 is 5.91 Å². The molecule has 1 aliphatic rings. The van der Waals surface area contributed by atoms with Crippen molar-refractivity contribution in [3.63, 3.8) is 0 Å². The number of H-pyrrole nitrogens is 2. The Morgan fingerprint density at radius 2 is 2.12 bits per heavy atom. The van der Waals surface area contributed by atoms with Gasteiger partial charge in [-0.2, -0.15) is 5.26 Å². The fraction of sp³-hybridized carbons (Fsp3) is 0.333. The Bertz CT molecular complexity index is 916. The summed E-state index contributed by atoms with van der Waals surface area (Å²) in [5.74, 6) is -0.343. The van der Waals surface area contributed by atoms with Crippen molar-refractivity contribution in [1.82, 2.24) is 24.8 Å². The van der Waals surface area contributed by atoms with E-state index in [2.05, 4.69) is 15.0 Å². The van der Waals surface area contributed by atoms with Gasteiger partial charge in [-0.05, 0) is 12.8 Å². The minimum Gasteiger partial charge on any atom is -0.470 e. The second-order valence-electron chi connectivity index (χ2n) is 5.46. The van der Waals surface area contributed by atoms with Gasteiger partial charge in [0.15, 0.2) is 0 Å². The molecule has 1 amide bonds. The number of hydrogen-bond acceptors (Lipinski definition) is 7. The van der Waals surface area contributed by atoms with Crippen LogP contribution in [-0.4, -0.2) is 49.9 Å². The highest BCUT2D eigenvalue weighted by atomic mass is 16.5. The van der Waals surface area contributed by atoms with Crippen LogP contribution in [0, 0.1) is 11.3 Å². The number of likely N-dealkylation sites (tertiary alicyclic amines) is 1. The third kappa shape index (κ3) is 3.72. The summed E-state index contributed by atoms with van der Waals surface area (Å²) in [7, 11) is 0. The van der Waals surface area contributed by atoms with Crippen LogP contribution >= 0.6 is 0 Å². The van der Waals surface area contributed by atoms with Gasteiger partial charge in [-0.25, -0.2) is 14.8 Å². The Morgan fingerprint density at radius 1 is 1.32 bits per heavy atom. The van der Waals surface area contributed by atoms with Crippen LogP contribution in [0.4, 0.5) is 0 Å². The molecule has 10 heteroatoms. The SMILES string of the molecule is N#Cc1nccnc1OC1CCCN(C(=O)c2cc(=O)[nH]c(=O)[nH]2)C1. The minimum atomic E-state index is -0.737. The number of carbonyl (C=O) groups excluding carboxylic acids is 1. The third-order valence-electron chi connectivity index (χ3n) is 3.71. The first-order chi connectivity index (χ1) is 12.1. The van der Waals surface area contributed by atoms with E-state index in [1.807, 2.05) is 11.1 Å². The van der Waals surface area contributed by atoms with Gasteiger partial charge in [0, 0.05) is 25.0 Å². The topological polar surface area (TPSA) is 145 Å². The summed E-state index contributed by atoms with van der Waals surface area (Å²) in [6.45, 7) is 0.716. The number of nitrogens with one attached hydrogen (secondary N) is 2. The molecule has 2 aromatic rings. The quantitative estimate of drug-likeness (QED) is 0.758. The number of aromatic amines is 2. The average Bonchev–Trinajstić information content (AvgIpc) is 2.61. The lowest BCUT2D eigenvalue weighted by atomic mass is 10.1. The smallest absolute Gasteiger partial charge is 0.326 e. The standard InChI is InChI=1S/C15H14N6O4/c16-7-11-13(18-4-3-17-11)25-9-2-1-5-21(8-9)14(23)10-6-12(22)20-15(24)19-10/h3-4,6,9H,1-2,5,8H2,(H2,19,20,22,24). The summed E-state index contributed by atoms with van der Waals surface area (Å²) in [6, 6.07) is 2.95. The molecule has 0 aliphatic carbocycles. The third-order valence-corrected chi connectivity index (χ3v) is 3.71. The molecule has 25 heavy (non-hydrogen) atoms. The number of piperidine rings is 1. The van der Waals surface area contributed by atoms with Crippen LogP contribution < -0.4 is 16.0 Å². The van der Waals surface area contributed by atoms with E-state index in [-0.39, 0.29) is 29.9 Å². The molecule has 1 saturated heterocycles. The van der Waals surface area contributed by atoms with Crippen molar-refractivity contribution in [2.24, 2.45) is 0 Å². The van der Waals surface area contributed by atoms with Crippen LogP contribution in [0.2, 0.25) is 0 Å². The van der Waals surface area contributed by atoms with E-state index in [0.29, 0.717) is 19.4 Å². The molecule has 0 spiro atoms. The molecule has 0 saturated carbocycles. The van der Waals surface area contributed by atoms with E-state index < -0.39 is 17.2 Å². The van der Waals surface area contributed by atoms with E-state index in [4.69, 9.17) is 10.00 Å². The summed E-state index contributed by atoms with van der Waals surface area (Å²) < 4.78 is 5.71. The molecule has 3 rings (SSSR count). The van der Waals surface area contributed by atoms with Gasteiger partial charge >= 0.3 is 5.69 Å². The first kappa shape index (κ1) is 16.4. The Labute approximate surface area is 141 Å². The van der Waals surface area contributed by atoms with Crippen molar-refractivity contribution in [2.75, 3.05) is 13.1 Å². The number of hydrogen-bond donors (Lipinski definition) is 2. The van der Waals surface area contributed by atoms with Crippen LogP contribution in [0.3, 0.4) is 0 Å². The van der Waals surface area contributed by atoms with E-state index in [1.54, 1.807) is 0 Å². The molecule has 0 radical (unpaired) electrons. The molecular weight excluding hydrogens is 328 g/mol. The van der Waals surface area contributed by atoms with Gasteiger partial charge in [-0.15, -0.1) is 0 Å². The largest absolute Gasteiger partial charge is 0.470 e. The second-order valence-corrected chi connectivity index (χ2v) is 5.46. The predicted molar refractivity (Wildman–Crippen MR) is 84.0 cm³/mol. The summed E-state index contributed by atoms with van der Waals surface area (Å²) >= 11 is 0. The zero-order valence-electron chi connectivity index (χ0n) is 13.1. The summed E-state index contributed by atoms with van der Waals surface area (Å²) in [5.41, 5.74) is -1.38. The van der Waals surface area contributed by atoms with Gasteiger partial charge in [0.2, 0.25) is 5.69 Å². The highest BCUT2D eigenvalue weighted by molar-refractivity contribution is 5.92. The van der Waals surface area contributed by atoms with Crippen LogP contribution in [0.5, 0.6) is 5.88 Å². The fourth-order valence-electron chi connectivity index (χ4n) is 2.62. The van der Waals surface area contributed by atoms with Crippen LogP contribution in [0.25, 0.3) is 0 Å². The normalized spacial score (nSPS) is 16.9. The Kier molecular flexibility index (Phi) is 4.56. The molecule has 0 bridgehead atoms. The van der Waals surface area contributed by atoms with Gasteiger partial charge in [-0.1, -0.05) is 0 Å². The molecule has 0 aromatic carbocycles. The van der Waals surface area contributed by atoms with E-state index in [9.17, 15) is 14.4 Å². The lowest BCUT2D eigenvalue weighted by Gasteiger charge is -2.32. The van der Waals surface area contributed by atoms with E-state index in [1.165, 1.54) is 17.3 Å². The molecule has 3 heterocycles. The summed E-state index contributed by atoms with van der Waals surface area (Å²) in [4.78, 5) is 48.9. The maximum atomic E-state index is 12.5. The second kappa shape index (κ2) is 6.96. The Hall–Kier alpha value is -3.48. The van der Waals surface area contributed by atoms with Crippen LogP contribution in [-0.2, 0) is 0 Å². The maximum absolute atomic E-state index is 12.5. The van der Waals surface area contributed by atoms with Gasteiger partial charge in [0.05, 0.1) is 6.54 Å². The van der Waals surface area contributed by atoms with Gasteiger partial charge in [0.1, 0.15) is 17.9 Å². The van der Waals surface area contributed by atoms with Crippen molar-refractivity contribution in [3.05, 3.63) is 50.7 Å². The molecule has 2 aromatic heterocycles.